The van der Waals surface area contributed by atoms with Gasteiger partial charge in [0.15, 0.2) is 5.82 Å². The van der Waals surface area contributed by atoms with Crippen LogP contribution < -0.4 is 5.73 Å². The summed E-state index contributed by atoms with van der Waals surface area (Å²) in [6.07, 6.45) is 4.54. The van der Waals surface area contributed by atoms with Crippen LogP contribution in [0, 0.1) is 0 Å². The predicted octanol–water partition coefficient (Wildman–Crippen LogP) is 0.793. The molecule has 0 aliphatic rings. The zero-order valence-electron chi connectivity index (χ0n) is 8.28. The first-order valence-electron chi connectivity index (χ1n) is 4.70. The first-order valence-corrected chi connectivity index (χ1v) is 4.70. The predicted molar refractivity (Wildman–Crippen MR) is 58.9 cm³/mol. The third-order valence-electron chi connectivity index (χ3n) is 2.27. The molecule has 0 fully saturated rings. The molecule has 6 nitrogen and oxygen atoms in total. The number of hydrogen-bond acceptors (Lipinski definition) is 5. The van der Waals surface area contributed by atoms with Crippen molar-refractivity contribution in [3.05, 3.63) is 37.2 Å². The standard InChI is InChI=1S/C10H8N6/c11-7-1-2-9-8(3-7)10(14-5-13-9)16-6-12-4-15-16/h1-6H,11H2. The minimum atomic E-state index is 0.670. The Hall–Kier alpha value is -2.50. The van der Waals surface area contributed by atoms with Crippen molar-refractivity contribution in [3.8, 4) is 5.82 Å². The van der Waals surface area contributed by atoms with E-state index in [0.717, 1.165) is 10.9 Å². The minimum absolute atomic E-state index is 0.670. The summed E-state index contributed by atoms with van der Waals surface area (Å²) in [5.74, 6) is 0.676. The topological polar surface area (TPSA) is 82.5 Å². The van der Waals surface area contributed by atoms with Gasteiger partial charge in [0.05, 0.1) is 5.52 Å². The summed E-state index contributed by atoms with van der Waals surface area (Å²) in [4.78, 5) is 12.2. The van der Waals surface area contributed by atoms with E-state index in [1.165, 1.54) is 12.7 Å². The summed E-state index contributed by atoms with van der Waals surface area (Å²) in [7, 11) is 0. The molecule has 3 aromatic rings. The van der Waals surface area contributed by atoms with E-state index in [0.29, 0.717) is 11.5 Å². The Bertz CT molecular complexity index is 631. The Morgan fingerprint density at radius 2 is 2.06 bits per heavy atom. The van der Waals surface area contributed by atoms with Crippen molar-refractivity contribution in [1.29, 1.82) is 0 Å². The molecule has 0 aliphatic heterocycles. The van der Waals surface area contributed by atoms with Gasteiger partial charge in [0.1, 0.15) is 19.0 Å². The molecule has 0 saturated heterocycles. The highest BCUT2D eigenvalue weighted by Gasteiger charge is 2.06. The molecule has 2 heterocycles. The second kappa shape index (κ2) is 3.27. The van der Waals surface area contributed by atoms with Crippen molar-refractivity contribution in [2.45, 2.75) is 0 Å². The van der Waals surface area contributed by atoms with Gasteiger partial charge in [-0.2, -0.15) is 5.10 Å². The summed E-state index contributed by atoms with van der Waals surface area (Å²) in [6.45, 7) is 0. The van der Waals surface area contributed by atoms with Crippen molar-refractivity contribution in [2.75, 3.05) is 5.73 Å². The third-order valence-corrected chi connectivity index (χ3v) is 2.27. The molecule has 0 radical (unpaired) electrons. The highest BCUT2D eigenvalue weighted by molar-refractivity contribution is 5.87. The fourth-order valence-electron chi connectivity index (χ4n) is 1.56. The summed E-state index contributed by atoms with van der Waals surface area (Å²) in [6, 6.07) is 5.49. The van der Waals surface area contributed by atoms with Gasteiger partial charge in [0.25, 0.3) is 0 Å². The van der Waals surface area contributed by atoms with Gasteiger partial charge >= 0.3 is 0 Å². The van der Waals surface area contributed by atoms with E-state index >= 15 is 0 Å². The van der Waals surface area contributed by atoms with E-state index in [9.17, 15) is 0 Å². The molecule has 0 unspecified atom stereocenters. The lowest BCUT2D eigenvalue weighted by Crippen LogP contribution is -2.00. The normalized spacial score (nSPS) is 10.8. The van der Waals surface area contributed by atoms with Crippen LogP contribution in [0.4, 0.5) is 5.69 Å². The van der Waals surface area contributed by atoms with Crippen LogP contribution in [0.25, 0.3) is 16.7 Å². The largest absolute Gasteiger partial charge is 0.399 e. The minimum Gasteiger partial charge on any atom is -0.399 e. The molecule has 6 heteroatoms. The monoisotopic (exact) mass is 212 g/mol. The maximum Gasteiger partial charge on any atom is 0.166 e. The van der Waals surface area contributed by atoms with E-state index in [2.05, 4.69) is 20.1 Å². The fraction of sp³-hybridized carbons (Fsp3) is 0. The van der Waals surface area contributed by atoms with Gasteiger partial charge in [0, 0.05) is 11.1 Å². The smallest absolute Gasteiger partial charge is 0.166 e. The number of benzene rings is 1. The molecule has 78 valence electrons. The van der Waals surface area contributed by atoms with Gasteiger partial charge in [-0.05, 0) is 18.2 Å². The second-order valence-corrected chi connectivity index (χ2v) is 3.31. The molecule has 3 rings (SSSR count). The van der Waals surface area contributed by atoms with Crippen molar-refractivity contribution in [2.24, 2.45) is 0 Å². The average molecular weight is 212 g/mol. The lowest BCUT2D eigenvalue weighted by atomic mass is 10.2. The number of fused-ring (bicyclic) bond motifs is 1. The highest BCUT2D eigenvalue weighted by Crippen LogP contribution is 2.19. The van der Waals surface area contributed by atoms with Gasteiger partial charge in [-0.25, -0.2) is 19.6 Å². The molecule has 0 amide bonds. The summed E-state index contributed by atoms with van der Waals surface area (Å²) in [5.41, 5.74) is 7.24. The maximum atomic E-state index is 5.75. The SMILES string of the molecule is Nc1ccc2ncnc(-n3cncn3)c2c1. The van der Waals surface area contributed by atoms with E-state index in [-0.39, 0.29) is 0 Å². The molecule has 0 atom stereocenters. The van der Waals surface area contributed by atoms with Crippen LogP contribution in [0.2, 0.25) is 0 Å². The van der Waals surface area contributed by atoms with Gasteiger partial charge in [-0.15, -0.1) is 0 Å². The van der Waals surface area contributed by atoms with E-state index < -0.39 is 0 Å². The Labute approximate surface area is 90.8 Å². The Morgan fingerprint density at radius 1 is 1.12 bits per heavy atom. The summed E-state index contributed by atoms with van der Waals surface area (Å²) in [5, 5.41) is 4.90. The molecule has 0 bridgehead atoms. The Kier molecular flexibility index (Phi) is 1.79. The van der Waals surface area contributed by atoms with Gasteiger partial charge in [0.2, 0.25) is 0 Å². The fourth-order valence-corrected chi connectivity index (χ4v) is 1.56. The van der Waals surface area contributed by atoms with E-state index in [1.54, 1.807) is 17.1 Å². The number of nitrogens with two attached hydrogens (primary N) is 1. The molecule has 1 aromatic carbocycles. The quantitative estimate of drug-likeness (QED) is 0.603. The van der Waals surface area contributed by atoms with Crippen molar-refractivity contribution < 1.29 is 0 Å². The number of aromatic nitrogens is 5. The molecular formula is C10H8N6. The summed E-state index contributed by atoms with van der Waals surface area (Å²) >= 11 is 0. The Balaban J connectivity index is 2.36. The van der Waals surface area contributed by atoms with Crippen LogP contribution in [0.15, 0.2) is 37.2 Å². The lowest BCUT2D eigenvalue weighted by Gasteiger charge is -2.04. The van der Waals surface area contributed by atoms with Crippen LogP contribution >= 0.6 is 0 Å². The van der Waals surface area contributed by atoms with Crippen LogP contribution in [0.3, 0.4) is 0 Å². The van der Waals surface area contributed by atoms with Crippen molar-refractivity contribution in [3.63, 3.8) is 0 Å². The van der Waals surface area contributed by atoms with Crippen molar-refractivity contribution in [1.82, 2.24) is 24.7 Å². The second-order valence-electron chi connectivity index (χ2n) is 3.31. The zero-order chi connectivity index (χ0) is 11.0. The number of nitrogen functional groups attached to an aromatic ring is 1. The van der Waals surface area contributed by atoms with Crippen LogP contribution in [0.1, 0.15) is 0 Å². The number of nitrogens with zero attached hydrogens (tertiary/aromatic N) is 5. The van der Waals surface area contributed by atoms with Crippen LogP contribution in [-0.4, -0.2) is 24.7 Å². The molecule has 0 aliphatic carbocycles. The zero-order valence-corrected chi connectivity index (χ0v) is 8.28. The molecule has 2 N–H and O–H groups in total. The van der Waals surface area contributed by atoms with Gasteiger partial charge in [-0.1, -0.05) is 0 Å². The first kappa shape index (κ1) is 8.78. The first-order chi connectivity index (χ1) is 7.84. The molecule has 16 heavy (non-hydrogen) atoms. The third kappa shape index (κ3) is 1.28. The van der Waals surface area contributed by atoms with Gasteiger partial charge in [-0.3, -0.25) is 0 Å². The number of rotatable bonds is 1. The lowest BCUT2D eigenvalue weighted by molar-refractivity contribution is 0.849. The highest BCUT2D eigenvalue weighted by atomic mass is 15.3. The van der Waals surface area contributed by atoms with Crippen LogP contribution in [0.5, 0.6) is 0 Å². The van der Waals surface area contributed by atoms with Gasteiger partial charge < -0.3 is 5.73 Å². The Morgan fingerprint density at radius 3 is 2.88 bits per heavy atom. The van der Waals surface area contributed by atoms with E-state index in [1.807, 2.05) is 12.1 Å². The molecule has 0 spiro atoms. The van der Waals surface area contributed by atoms with Crippen molar-refractivity contribution >= 4 is 16.6 Å². The van der Waals surface area contributed by atoms with E-state index in [4.69, 9.17) is 5.73 Å². The molecule has 2 aromatic heterocycles. The number of anilines is 1. The average Bonchev–Trinajstić information content (AvgIpc) is 2.81. The number of hydrogen-bond donors (Lipinski definition) is 1. The molecular weight excluding hydrogens is 204 g/mol. The maximum absolute atomic E-state index is 5.75. The molecule has 0 saturated carbocycles. The summed E-state index contributed by atoms with van der Waals surface area (Å²) < 4.78 is 1.59. The van der Waals surface area contributed by atoms with Crippen LogP contribution in [-0.2, 0) is 0 Å².